The molecule has 3 heteroatoms. The highest BCUT2D eigenvalue weighted by atomic mass is 16.6. The van der Waals surface area contributed by atoms with E-state index < -0.39 is 0 Å². The molecule has 0 saturated carbocycles. The topological polar surface area (TPSA) is 18.5 Å². The summed E-state index contributed by atoms with van der Waals surface area (Å²) in [7, 11) is 0. The van der Waals surface area contributed by atoms with Crippen molar-refractivity contribution in [3.05, 3.63) is 53.6 Å². The zero-order chi connectivity index (χ0) is 30.8. The van der Waals surface area contributed by atoms with Gasteiger partial charge in [0, 0.05) is 5.41 Å². The maximum atomic E-state index is 6.95. The monoisotopic (exact) mass is 586 g/mol. The summed E-state index contributed by atoms with van der Waals surface area (Å²) in [5.74, 6) is 0. The van der Waals surface area contributed by atoms with Gasteiger partial charge in [0.1, 0.15) is 0 Å². The van der Waals surface area contributed by atoms with Gasteiger partial charge in [-0.2, -0.15) is 0 Å². The van der Waals surface area contributed by atoms with E-state index >= 15 is 0 Å². The van der Waals surface area contributed by atoms with Crippen molar-refractivity contribution >= 4 is 12.4 Å². The molecule has 0 amide bonds. The van der Waals surface area contributed by atoms with E-state index in [0.717, 1.165) is 0 Å². The first-order valence-corrected chi connectivity index (χ1v) is 18.3. The molecule has 43 heavy (non-hydrogen) atoms. The Hall–Kier alpha value is -1.58. The van der Waals surface area contributed by atoms with E-state index in [1.807, 2.05) is 0 Å². The predicted molar refractivity (Wildman–Crippen MR) is 188 cm³/mol. The number of rotatable bonds is 19. The van der Waals surface area contributed by atoms with Crippen molar-refractivity contribution in [2.75, 3.05) is 6.51 Å². The molecule has 0 unspecified atom stereocenters. The third kappa shape index (κ3) is 8.18. The maximum absolute atomic E-state index is 6.95. The van der Waals surface area contributed by atoms with Crippen LogP contribution in [0.4, 0.5) is 0 Å². The first-order chi connectivity index (χ1) is 20.8. The van der Waals surface area contributed by atoms with Gasteiger partial charge in [-0.05, 0) is 68.3 Å². The highest BCUT2D eigenvalue weighted by Gasteiger charge is 2.50. The lowest BCUT2D eigenvalue weighted by Crippen LogP contribution is -2.62. The van der Waals surface area contributed by atoms with Crippen LogP contribution in [0.3, 0.4) is 0 Å². The van der Waals surface area contributed by atoms with Crippen molar-refractivity contribution in [2.45, 2.75) is 174 Å². The SMILES string of the molecule is CCCCCCCCCCC1(CCCCCCCCCC)c2ccccc2-c2cccc(B3COC(C)(C)C(C)(C)O3)c21. The molecule has 0 spiro atoms. The smallest absolute Gasteiger partial charge is 0.354 e. The van der Waals surface area contributed by atoms with Crippen molar-refractivity contribution in [3.8, 4) is 11.1 Å². The van der Waals surface area contributed by atoms with Crippen LogP contribution in [-0.2, 0) is 14.8 Å². The number of fused-ring (bicyclic) bond motifs is 3. The Kier molecular flexibility index (Phi) is 12.9. The Balaban J connectivity index is 1.60. The molecule has 0 aromatic heterocycles. The fourth-order valence-corrected chi connectivity index (χ4v) is 7.78. The van der Waals surface area contributed by atoms with Gasteiger partial charge < -0.3 is 9.39 Å². The first kappa shape index (κ1) is 34.3. The van der Waals surface area contributed by atoms with Gasteiger partial charge in [0.15, 0.2) is 0 Å². The van der Waals surface area contributed by atoms with Crippen molar-refractivity contribution in [3.63, 3.8) is 0 Å². The van der Waals surface area contributed by atoms with E-state index in [4.69, 9.17) is 9.39 Å². The fraction of sp³-hybridized carbons (Fsp3) is 0.700. The molecule has 1 aliphatic heterocycles. The molecular weight excluding hydrogens is 523 g/mol. The molecule has 2 aromatic rings. The van der Waals surface area contributed by atoms with E-state index in [2.05, 4.69) is 84.0 Å². The van der Waals surface area contributed by atoms with Gasteiger partial charge in [0.25, 0.3) is 0 Å². The normalized spacial score (nSPS) is 18.0. The summed E-state index contributed by atoms with van der Waals surface area (Å²) >= 11 is 0. The molecule has 2 aliphatic rings. The van der Waals surface area contributed by atoms with Crippen LogP contribution < -0.4 is 5.46 Å². The first-order valence-electron chi connectivity index (χ1n) is 18.3. The Labute approximate surface area is 266 Å². The molecule has 2 nitrogen and oxygen atoms in total. The summed E-state index contributed by atoms with van der Waals surface area (Å²) in [4.78, 5) is 0. The Morgan fingerprint density at radius 3 is 1.65 bits per heavy atom. The summed E-state index contributed by atoms with van der Waals surface area (Å²) in [6.45, 7) is 13.9. The van der Waals surface area contributed by atoms with Gasteiger partial charge in [-0.3, -0.25) is 0 Å². The average molecular weight is 587 g/mol. The predicted octanol–water partition coefficient (Wildman–Crippen LogP) is 11.4. The molecule has 1 fully saturated rings. The van der Waals surface area contributed by atoms with E-state index in [-0.39, 0.29) is 23.5 Å². The molecule has 1 aliphatic carbocycles. The lowest BCUT2D eigenvalue weighted by molar-refractivity contribution is -0.152. The minimum absolute atomic E-state index is 0.0382. The van der Waals surface area contributed by atoms with Crippen LogP contribution in [-0.4, -0.2) is 24.6 Å². The third-order valence-corrected chi connectivity index (χ3v) is 11.1. The summed E-state index contributed by atoms with van der Waals surface area (Å²) < 4.78 is 13.5. The molecular formula is C40H63BO2. The highest BCUT2D eigenvalue weighted by Crippen LogP contribution is 2.54. The molecule has 238 valence electrons. The van der Waals surface area contributed by atoms with E-state index in [0.29, 0.717) is 6.51 Å². The van der Waals surface area contributed by atoms with Crippen LogP contribution in [0.5, 0.6) is 0 Å². The lowest BCUT2D eigenvalue weighted by atomic mass is 9.54. The van der Waals surface area contributed by atoms with Gasteiger partial charge >= 0.3 is 6.92 Å². The van der Waals surface area contributed by atoms with Crippen molar-refractivity contribution in [2.24, 2.45) is 0 Å². The molecule has 0 radical (unpaired) electrons. The largest absolute Gasteiger partial charge is 0.421 e. The quantitative estimate of drug-likeness (QED) is 0.120. The van der Waals surface area contributed by atoms with Crippen LogP contribution >= 0.6 is 0 Å². The minimum atomic E-state index is -0.359. The zero-order valence-electron chi connectivity index (χ0n) is 28.9. The molecule has 4 rings (SSSR count). The van der Waals surface area contributed by atoms with Crippen LogP contribution in [0.25, 0.3) is 11.1 Å². The van der Waals surface area contributed by atoms with Crippen LogP contribution in [0.2, 0.25) is 0 Å². The van der Waals surface area contributed by atoms with Crippen molar-refractivity contribution in [1.29, 1.82) is 0 Å². The number of hydrogen-bond acceptors (Lipinski definition) is 2. The number of benzene rings is 2. The van der Waals surface area contributed by atoms with Crippen molar-refractivity contribution < 1.29 is 9.39 Å². The van der Waals surface area contributed by atoms with E-state index in [1.165, 1.54) is 132 Å². The molecule has 2 aromatic carbocycles. The lowest BCUT2D eigenvalue weighted by Gasteiger charge is -2.48. The Morgan fingerprint density at radius 2 is 1.09 bits per heavy atom. The van der Waals surface area contributed by atoms with Crippen LogP contribution in [0.1, 0.15) is 168 Å². The average Bonchev–Trinajstić information content (AvgIpc) is 3.27. The maximum Gasteiger partial charge on any atom is 0.354 e. The summed E-state index contributed by atoms with van der Waals surface area (Å²) in [5.41, 5.74) is 6.79. The van der Waals surface area contributed by atoms with E-state index in [9.17, 15) is 0 Å². The molecule has 0 bridgehead atoms. The van der Waals surface area contributed by atoms with Gasteiger partial charge in [0.05, 0.1) is 17.7 Å². The number of hydrogen-bond donors (Lipinski definition) is 0. The second-order valence-corrected chi connectivity index (χ2v) is 14.8. The standard InChI is InChI=1S/C40H63BO2/c1-7-9-11-13-15-17-19-23-30-40(31-24-20-18-16-14-12-10-8-2)35-28-22-21-26-33(35)34-27-25-29-36(37(34)40)41-32-42-38(3,4)39(5,6)43-41/h21-22,25-29H,7-20,23-24,30-32H2,1-6H3. The number of unbranched alkanes of at least 4 members (excludes halogenated alkanes) is 14. The second-order valence-electron chi connectivity index (χ2n) is 14.8. The van der Waals surface area contributed by atoms with Gasteiger partial charge in [-0.15, -0.1) is 0 Å². The summed E-state index contributed by atoms with van der Waals surface area (Å²) in [6, 6.07) is 16.4. The van der Waals surface area contributed by atoms with Gasteiger partial charge in [-0.1, -0.05) is 159 Å². The van der Waals surface area contributed by atoms with Crippen LogP contribution in [0, 0.1) is 0 Å². The van der Waals surface area contributed by atoms with Crippen molar-refractivity contribution in [1.82, 2.24) is 0 Å². The van der Waals surface area contributed by atoms with Crippen LogP contribution in [0.15, 0.2) is 42.5 Å². The van der Waals surface area contributed by atoms with Gasteiger partial charge in [0.2, 0.25) is 0 Å². The zero-order valence-corrected chi connectivity index (χ0v) is 28.9. The Morgan fingerprint density at radius 1 is 0.581 bits per heavy atom. The molecule has 0 N–H and O–H groups in total. The fourth-order valence-electron chi connectivity index (χ4n) is 7.78. The minimum Gasteiger partial charge on any atom is -0.421 e. The second kappa shape index (κ2) is 16.1. The van der Waals surface area contributed by atoms with E-state index in [1.54, 1.807) is 11.1 Å². The summed E-state index contributed by atoms with van der Waals surface area (Å²) in [5, 5.41) is 0. The summed E-state index contributed by atoms with van der Waals surface area (Å²) in [6.07, 6.45) is 24.3. The van der Waals surface area contributed by atoms with Gasteiger partial charge in [-0.25, -0.2) is 0 Å². The molecule has 1 heterocycles. The highest BCUT2D eigenvalue weighted by molar-refractivity contribution is 6.68. The molecule has 1 saturated heterocycles. The number of ether oxygens (including phenoxy) is 1. The third-order valence-electron chi connectivity index (χ3n) is 11.1. The Bertz CT molecular complexity index is 1100. The molecule has 0 atom stereocenters.